The summed E-state index contributed by atoms with van der Waals surface area (Å²) in [6, 6.07) is 8.81. The second-order valence-electron chi connectivity index (χ2n) is 6.79. The number of benzene rings is 1. The lowest BCUT2D eigenvalue weighted by Crippen LogP contribution is -2.23. The second kappa shape index (κ2) is 8.70. The number of hydrogen-bond donors (Lipinski definition) is 2. The number of nitrogens with zero attached hydrogens (tertiary/aromatic N) is 4. The summed E-state index contributed by atoms with van der Waals surface area (Å²) in [5.41, 5.74) is 1.53. The molecule has 2 aromatic heterocycles. The van der Waals surface area contributed by atoms with E-state index in [0.29, 0.717) is 23.0 Å². The lowest BCUT2D eigenvalue weighted by atomic mass is 10.3. The number of rotatable bonds is 8. The maximum atomic E-state index is 12.6. The van der Waals surface area contributed by atoms with E-state index in [2.05, 4.69) is 43.9 Å². The van der Waals surface area contributed by atoms with E-state index in [-0.39, 0.29) is 10.7 Å². The average Bonchev–Trinajstić information content (AvgIpc) is 3.03. The minimum Gasteiger partial charge on any atom is -0.360 e. The first-order chi connectivity index (χ1) is 14.2. The Labute approximate surface area is 176 Å². The standard InChI is InChI=1S/C20H26N6O3S/c1-6-26(7-2)19-12-18(21-15(5)22-19)23-16-8-10-17(11-9-16)25-30(27,28)20-13(3)24-29-14(20)4/h8-12,25H,6-7H2,1-5H3,(H,21,22,23). The Balaban J connectivity index is 1.77. The molecule has 3 aromatic rings. The molecule has 0 unspecified atom stereocenters. The van der Waals surface area contributed by atoms with Gasteiger partial charge in [0.1, 0.15) is 23.2 Å². The van der Waals surface area contributed by atoms with Crippen molar-refractivity contribution in [2.45, 2.75) is 39.5 Å². The summed E-state index contributed by atoms with van der Waals surface area (Å²) in [7, 11) is -3.78. The van der Waals surface area contributed by atoms with Gasteiger partial charge in [0.15, 0.2) is 10.7 Å². The molecule has 0 aliphatic carbocycles. The molecule has 3 rings (SSSR count). The summed E-state index contributed by atoms with van der Waals surface area (Å²) in [6.07, 6.45) is 0. The first kappa shape index (κ1) is 21.6. The molecule has 2 N–H and O–H groups in total. The molecule has 0 radical (unpaired) electrons. The minimum atomic E-state index is -3.78. The highest BCUT2D eigenvalue weighted by Crippen LogP contribution is 2.25. The average molecular weight is 431 g/mol. The van der Waals surface area contributed by atoms with Crippen molar-refractivity contribution in [2.75, 3.05) is 28.0 Å². The number of anilines is 4. The number of hydrogen-bond acceptors (Lipinski definition) is 8. The minimum absolute atomic E-state index is 0.0603. The van der Waals surface area contributed by atoms with Crippen LogP contribution in [0.2, 0.25) is 0 Å². The van der Waals surface area contributed by atoms with Gasteiger partial charge in [-0.15, -0.1) is 0 Å². The summed E-state index contributed by atoms with van der Waals surface area (Å²) in [4.78, 5) is 11.1. The topological polar surface area (TPSA) is 113 Å². The Morgan fingerprint density at radius 3 is 2.20 bits per heavy atom. The van der Waals surface area contributed by atoms with Crippen molar-refractivity contribution in [3.8, 4) is 0 Å². The molecule has 0 bridgehead atoms. The molecule has 0 atom stereocenters. The highest BCUT2D eigenvalue weighted by atomic mass is 32.2. The summed E-state index contributed by atoms with van der Waals surface area (Å²) in [6.45, 7) is 10.9. The van der Waals surface area contributed by atoms with Crippen LogP contribution in [0.25, 0.3) is 0 Å². The molecular formula is C20H26N6O3S. The monoisotopic (exact) mass is 430 g/mol. The van der Waals surface area contributed by atoms with Crippen LogP contribution in [0.4, 0.5) is 23.0 Å². The van der Waals surface area contributed by atoms with E-state index in [9.17, 15) is 8.42 Å². The Morgan fingerprint density at radius 2 is 1.63 bits per heavy atom. The van der Waals surface area contributed by atoms with E-state index in [1.807, 2.05) is 13.0 Å². The Bertz CT molecular complexity index is 1100. The Morgan fingerprint density at radius 1 is 1.00 bits per heavy atom. The van der Waals surface area contributed by atoms with Crippen molar-refractivity contribution in [3.05, 3.63) is 47.6 Å². The second-order valence-corrected chi connectivity index (χ2v) is 8.41. The molecule has 0 spiro atoms. The highest BCUT2D eigenvalue weighted by Gasteiger charge is 2.24. The van der Waals surface area contributed by atoms with Crippen LogP contribution < -0.4 is 14.9 Å². The van der Waals surface area contributed by atoms with Crippen LogP contribution in [0.15, 0.2) is 39.8 Å². The Hall–Kier alpha value is -3.14. The summed E-state index contributed by atoms with van der Waals surface area (Å²) in [5.74, 6) is 2.46. The third-order valence-electron chi connectivity index (χ3n) is 4.56. The lowest BCUT2D eigenvalue weighted by Gasteiger charge is -2.20. The smallest absolute Gasteiger partial charge is 0.267 e. The first-order valence-electron chi connectivity index (χ1n) is 9.67. The van der Waals surface area contributed by atoms with Crippen molar-refractivity contribution in [1.29, 1.82) is 0 Å². The van der Waals surface area contributed by atoms with E-state index in [1.54, 1.807) is 38.1 Å². The quantitative estimate of drug-likeness (QED) is 0.555. The van der Waals surface area contributed by atoms with Gasteiger partial charge in [-0.3, -0.25) is 4.72 Å². The number of aromatic nitrogens is 3. The third-order valence-corrected chi connectivity index (χ3v) is 6.18. The summed E-state index contributed by atoms with van der Waals surface area (Å²) < 4.78 is 32.8. The van der Waals surface area contributed by atoms with Gasteiger partial charge >= 0.3 is 0 Å². The van der Waals surface area contributed by atoms with Crippen molar-refractivity contribution >= 4 is 33.0 Å². The van der Waals surface area contributed by atoms with Gasteiger partial charge < -0.3 is 14.7 Å². The van der Waals surface area contributed by atoms with Gasteiger partial charge in [-0.2, -0.15) is 0 Å². The zero-order chi connectivity index (χ0) is 21.9. The SMILES string of the molecule is CCN(CC)c1cc(Nc2ccc(NS(=O)(=O)c3c(C)noc3C)cc2)nc(C)n1. The zero-order valence-electron chi connectivity index (χ0n) is 17.7. The molecule has 10 heteroatoms. The van der Waals surface area contributed by atoms with Crippen LogP contribution in [-0.4, -0.2) is 36.6 Å². The molecule has 30 heavy (non-hydrogen) atoms. The van der Waals surface area contributed by atoms with Gasteiger partial charge in [0.05, 0.1) is 0 Å². The summed E-state index contributed by atoms with van der Waals surface area (Å²) >= 11 is 0. The molecular weight excluding hydrogens is 404 g/mol. The van der Waals surface area contributed by atoms with E-state index in [0.717, 1.165) is 24.6 Å². The van der Waals surface area contributed by atoms with Crippen molar-refractivity contribution in [1.82, 2.24) is 15.1 Å². The molecule has 0 fully saturated rings. The van der Waals surface area contributed by atoms with Crippen LogP contribution in [-0.2, 0) is 10.0 Å². The van der Waals surface area contributed by atoms with Crippen molar-refractivity contribution in [2.24, 2.45) is 0 Å². The number of nitrogens with one attached hydrogen (secondary N) is 2. The number of sulfonamides is 1. The molecule has 2 heterocycles. The first-order valence-corrected chi connectivity index (χ1v) is 11.1. The van der Waals surface area contributed by atoms with Crippen LogP contribution in [0.5, 0.6) is 0 Å². The maximum absolute atomic E-state index is 12.6. The van der Waals surface area contributed by atoms with Gasteiger partial charge in [0, 0.05) is 30.5 Å². The molecule has 160 valence electrons. The molecule has 0 saturated carbocycles. The molecule has 0 aliphatic rings. The van der Waals surface area contributed by atoms with Gasteiger partial charge in [-0.25, -0.2) is 18.4 Å². The molecule has 9 nitrogen and oxygen atoms in total. The molecule has 0 aliphatic heterocycles. The fraction of sp³-hybridized carbons (Fsp3) is 0.350. The predicted octanol–water partition coefficient (Wildman–Crippen LogP) is 3.78. The van der Waals surface area contributed by atoms with Crippen molar-refractivity contribution < 1.29 is 12.9 Å². The van der Waals surface area contributed by atoms with Crippen LogP contribution in [0.3, 0.4) is 0 Å². The largest absolute Gasteiger partial charge is 0.360 e. The van der Waals surface area contributed by atoms with Gasteiger partial charge in [0.25, 0.3) is 10.0 Å². The normalized spacial score (nSPS) is 11.4. The fourth-order valence-electron chi connectivity index (χ4n) is 3.16. The van der Waals surface area contributed by atoms with E-state index in [1.165, 1.54) is 0 Å². The van der Waals surface area contributed by atoms with Gasteiger partial charge in [-0.1, -0.05) is 5.16 Å². The third kappa shape index (κ3) is 4.70. The lowest BCUT2D eigenvalue weighted by molar-refractivity contribution is 0.390. The maximum Gasteiger partial charge on any atom is 0.267 e. The van der Waals surface area contributed by atoms with Crippen LogP contribution in [0.1, 0.15) is 31.1 Å². The van der Waals surface area contributed by atoms with Gasteiger partial charge in [0.2, 0.25) is 0 Å². The number of aryl methyl sites for hydroxylation is 3. The molecule has 0 saturated heterocycles. The fourth-order valence-corrected chi connectivity index (χ4v) is 4.55. The predicted molar refractivity (Wildman–Crippen MR) is 117 cm³/mol. The van der Waals surface area contributed by atoms with E-state index < -0.39 is 10.0 Å². The zero-order valence-corrected chi connectivity index (χ0v) is 18.5. The van der Waals surface area contributed by atoms with Crippen LogP contribution >= 0.6 is 0 Å². The van der Waals surface area contributed by atoms with E-state index >= 15 is 0 Å². The van der Waals surface area contributed by atoms with Crippen molar-refractivity contribution in [3.63, 3.8) is 0 Å². The van der Waals surface area contributed by atoms with Crippen LogP contribution in [0, 0.1) is 20.8 Å². The van der Waals surface area contributed by atoms with E-state index in [4.69, 9.17) is 4.52 Å². The van der Waals surface area contributed by atoms with Gasteiger partial charge in [-0.05, 0) is 58.9 Å². The highest BCUT2D eigenvalue weighted by molar-refractivity contribution is 7.92. The Kier molecular flexibility index (Phi) is 6.25. The molecule has 1 aromatic carbocycles. The summed E-state index contributed by atoms with van der Waals surface area (Å²) in [5, 5.41) is 6.95. The molecule has 0 amide bonds.